The molecule has 0 saturated heterocycles. The van der Waals surface area contributed by atoms with Gasteiger partial charge in [-0.15, -0.1) is 0 Å². The molecule has 0 bridgehead atoms. The molecule has 1 spiro atoms. The topological polar surface area (TPSA) is 0 Å². The molecule has 0 nitrogen and oxygen atoms in total. The van der Waals surface area contributed by atoms with Crippen molar-refractivity contribution in [2.75, 3.05) is 0 Å². The Hall–Kier alpha value is -5.72. The minimum atomic E-state index is -0.450. The summed E-state index contributed by atoms with van der Waals surface area (Å²) in [6.45, 7) is 14.2. The first-order chi connectivity index (χ1) is 22.6. The van der Waals surface area contributed by atoms with Crippen molar-refractivity contribution in [2.45, 2.75) is 12.3 Å². The van der Waals surface area contributed by atoms with Crippen LogP contribution in [0.15, 0.2) is 171 Å². The molecule has 0 N–H and O–H groups in total. The molecular weight excluding hydrogens is 553 g/mol. The SMILES string of the molecule is C=CC(=C)c1ccc(-c2c(-c3ccc(/C(C=C)=C/C)cc3)ccc3c2C2(c4ccccc4-c4ccccc42)c2ccccc2-3)cc1. The fourth-order valence-corrected chi connectivity index (χ4v) is 7.94. The molecule has 6 aromatic rings. The van der Waals surface area contributed by atoms with Crippen LogP contribution in [0.5, 0.6) is 0 Å². The Kier molecular flexibility index (Phi) is 6.48. The van der Waals surface area contributed by atoms with Gasteiger partial charge in [0.1, 0.15) is 0 Å². The zero-order chi connectivity index (χ0) is 31.4. The molecule has 0 atom stereocenters. The van der Waals surface area contributed by atoms with Gasteiger partial charge in [0.25, 0.3) is 0 Å². The third-order valence-corrected chi connectivity index (χ3v) is 10.0. The Bertz CT molecular complexity index is 2170. The van der Waals surface area contributed by atoms with Crippen LogP contribution >= 0.6 is 0 Å². The van der Waals surface area contributed by atoms with Crippen LogP contribution < -0.4 is 0 Å². The molecular formula is C46H34. The second-order valence-electron chi connectivity index (χ2n) is 12.1. The highest BCUT2D eigenvalue weighted by atomic mass is 14.5. The third-order valence-electron chi connectivity index (χ3n) is 10.0. The van der Waals surface area contributed by atoms with E-state index in [1.54, 1.807) is 0 Å². The highest BCUT2D eigenvalue weighted by Crippen LogP contribution is 2.65. The summed E-state index contributed by atoms with van der Waals surface area (Å²) in [7, 11) is 0. The number of hydrogen-bond acceptors (Lipinski definition) is 0. The van der Waals surface area contributed by atoms with Crippen molar-refractivity contribution in [1.29, 1.82) is 0 Å². The predicted octanol–water partition coefficient (Wildman–Crippen LogP) is 12.2. The van der Waals surface area contributed by atoms with Crippen LogP contribution in [-0.4, -0.2) is 0 Å². The number of fused-ring (bicyclic) bond motifs is 10. The second-order valence-corrected chi connectivity index (χ2v) is 12.1. The number of allylic oxidation sites excluding steroid dienone is 5. The molecule has 0 heterocycles. The van der Waals surface area contributed by atoms with E-state index < -0.39 is 5.41 Å². The quantitative estimate of drug-likeness (QED) is 0.170. The largest absolute Gasteiger partial charge is 0.0985 e. The van der Waals surface area contributed by atoms with Crippen LogP contribution in [0.25, 0.3) is 55.7 Å². The Morgan fingerprint density at radius 1 is 0.500 bits per heavy atom. The molecule has 0 fully saturated rings. The molecule has 0 amide bonds. The summed E-state index contributed by atoms with van der Waals surface area (Å²) in [4.78, 5) is 0. The lowest BCUT2D eigenvalue weighted by Gasteiger charge is -2.33. The van der Waals surface area contributed by atoms with E-state index >= 15 is 0 Å². The maximum Gasteiger partial charge on any atom is 0.0731 e. The minimum Gasteiger partial charge on any atom is -0.0985 e. The van der Waals surface area contributed by atoms with Gasteiger partial charge in [-0.05, 0) is 96.0 Å². The summed E-state index contributed by atoms with van der Waals surface area (Å²) in [5.41, 5.74) is 19.3. The standard InChI is InChI=1S/C46H34/c1-5-30(4)32-20-26-35(27-21-32)44-36(34-24-22-33(23-25-34)31(6-2)7-3)28-29-40-39-16-10-13-19-43(39)46(45(40)44)41-17-11-8-14-37(41)38-15-9-12-18-42(38)46/h5-29H,1-2,4H2,3H3/b31-7+. The molecule has 0 heteroatoms. The second kappa shape index (κ2) is 10.7. The predicted molar refractivity (Wildman–Crippen MR) is 197 cm³/mol. The summed E-state index contributed by atoms with van der Waals surface area (Å²) >= 11 is 0. The number of benzene rings is 6. The van der Waals surface area contributed by atoms with Crippen LogP contribution in [0, 0.1) is 0 Å². The molecule has 0 aliphatic heterocycles. The molecule has 46 heavy (non-hydrogen) atoms. The fourth-order valence-electron chi connectivity index (χ4n) is 7.94. The monoisotopic (exact) mass is 586 g/mol. The molecule has 2 aliphatic carbocycles. The normalized spacial score (nSPS) is 13.5. The van der Waals surface area contributed by atoms with E-state index in [4.69, 9.17) is 0 Å². The van der Waals surface area contributed by atoms with E-state index in [9.17, 15) is 0 Å². The maximum absolute atomic E-state index is 4.21. The van der Waals surface area contributed by atoms with Crippen molar-refractivity contribution in [3.05, 3.63) is 205 Å². The molecule has 0 radical (unpaired) electrons. The van der Waals surface area contributed by atoms with E-state index in [0.717, 1.165) is 16.7 Å². The summed E-state index contributed by atoms with van der Waals surface area (Å²) in [6, 6.07) is 49.5. The molecule has 0 saturated carbocycles. The van der Waals surface area contributed by atoms with E-state index in [1.165, 1.54) is 72.3 Å². The molecule has 0 aromatic heterocycles. The van der Waals surface area contributed by atoms with Crippen molar-refractivity contribution in [2.24, 2.45) is 0 Å². The zero-order valence-corrected chi connectivity index (χ0v) is 26.1. The van der Waals surface area contributed by atoms with Crippen molar-refractivity contribution >= 4 is 11.1 Å². The molecule has 2 aliphatic rings. The van der Waals surface area contributed by atoms with Crippen LogP contribution in [0.2, 0.25) is 0 Å². The Labute approximate surface area is 272 Å². The lowest BCUT2D eigenvalue weighted by molar-refractivity contribution is 0.796. The van der Waals surface area contributed by atoms with Crippen LogP contribution in [-0.2, 0) is 5.41 Å². The van der Waals surface area contributed by atoms with Crippen molar-refractivity contribution in [3.63, 3.8) is 0 Å². The Balaban J connectivity index is 1.50. The fraction of sp³-hybridized carbons (Fsp3) is 0.0435. The molecule has 218 valence electrons. The average molecular weight is 587 g/mol. The zero-order valence-electron chi connectivity index (χ0n) is 26.1. The van der Waals surface area contributed by atoms with Gasteiger partial charge >= 0.3 is 0 Å². The first kappa shape index (κ1) is 27.8. The maximum atomic E-state index is 4.21. The molecule has 6 aromatic carbocycles. The molecule has 8 rings (SSSR count). The van der Waals surface area contributed by atoms with Gasteiger partial charge in [0.05, 0.1) is 5.41 Å². The first-order valence-corrected chi connectivity index (χ1v) is 15.9. The first-order valence-electron chi connectivity index (χ1n) is 15.9. The van der Waals surface area contributed by atoms with Gasteiger partial charge in [-0.25, -0.2) is 0 Å². The number of rotatable bonds is 6. The Morgan fingerprint density at radius 2 is 0.978 bits per heavy atom. The summed E-state index contributed by atoms with van der Waals surface area (Å²) in [6.07, 6.45) is 5.85. The van der Waals surface area contributed by atoms with Crippen molar-refractivity contribution in [1.82, 2.24) is 0 Å². The van der Waals surface area contributed by atoms with Gasteiger partial charge in [-0.2, -0.15) is 0 Å². The lowest BCUT2D eigenvalue weighted by Crippen LogP contribution is -2.26. The van der Waals surface area contributed by atoms with Gasteiger partial charge in [-0.1, -0.05) is 171 Å². The minimum absolute atomic E-state index is 0.450. The molecule has 0 unspecified atom stereocenters. The third kappa shape index (κ3) is 3.80. The smallest absolute Gasteiger partial charge is 0.0731 e. The van der Waals surface area contributed by atoms with Crippen LogP contribution in [0.1, 0.15) is 40.3 Å². The van der Waals surface area contributed by atoms with Gasteiger partial charge in [0, 0.05) is 0 Å². The highest BCUT2D eigenvalue weighted by Gasteiger charge is 2.53. The van der Waals surface area contributed by atoms with E-state index in [1.807, 2.05) is 12.2 Å². The van der Waals surface area contributed by atoms with Crippen LogP contribution in [0.3, 0.4) is 0 Å². The average Bonchev–Trinajstić information content (AvgIpc) is 3.59. The van der Waals surface area contributed by atoms with Gasteiger partial charge in [-0.3, -0.25) is 0 Å². The number of hydrogen-bond donors (Lipinski definition) is 0. The Morgan fingerprint density at radius 3 is 1.50 bits per heavy atom. The van der Waals surface area contributed by atoms with Crippen LogP contribution in [0.4, 0.5) is 0 Å². The summed E-state index contributed by atoms with van der Waals surface area (Å²) in [5, 5.41) is 0. The van der Waals surface area contributed by atoms with E-state index in [-0.39, 0.29) is 0 Å². The van der Waals surface area contributed by atoms with Crippen molar-refractivity contribution in [3.8, 4) is 44.5 Å². The summed E-state index contributed by atoms with van der Waals surface area (Å²) in [5.74, 6) is 0. The van der Waals surface area contributed by atoms with E-state index in [2.05, 4.69) is 166 Å². The van der Waals surface area contributed by atoms with Gasteiger partial charge < -0.3 is 0 Å². The van der Waals surface area contributed by atoms with Gasteiger partial charge in [0.2, 0.25) is 0 Å². The van der Waals surface area contributed by atoms with Crippen molar-refractivity contribution < 1.29 is 0 Å². The highest BCUT2D eigenvalue weighted by molar-refractivity contribution is 6.02. The van der Waals surface area contributed by atoms with E-state index in [0.29, 0.717) is 0 Å². The van der Waals surface area contributed by atoms with Gasteiger partial charge in [0.15, 0.2) is 0 Å². The lowest BCUT2D eigenvalue weighted by atomic mass is 9.68. The summed E-state index contributed by atoms with van der Waals surface area (Å²) < 4.78 is 0.